The van der Waals surface area contributed by atoms with Crippen molar-refractivity contribution in [3.8, 4) is 5.88 Å². The Bertz CT molecular complexity index is 768. The van der Waals surface area contributed by atoms with Crippen molar-refractivity contribution in [2.75, 3.05) is 18.0 Å². The van der Waals surface area contributed by atoms with Crippen molar-refractivity contribution in [3.05, 3.63) is 42.0 Å². The number of nitrogens with zero attached hydrogens (tertiary/aromatic N) is 4. The Morgan fingerprint density at radius 2 is 1.93 bits per heavy atom. The lowest BCUT2D eigenvalue weighted by molar-refractivity contribution is 0.0949. The van der Waals surface area contributed by atoms with Crippen molar-refractivity contribution >= 4 is 11.7 Å². The van der Waals surface area contributed by atoms with Crippen LogP contribution in [0, 0.1) is 0 Å². The van der Waals surface area contributed by atoms with Crippen LogP contribution in [0.4, 0.5) is 5.82 Å². The first kappa shape index (κ1) is 17.7. The largest absolute Gasteiger partial charge is 0.474 e. The van der Waals surface area contributed by atoms with Crippen LogP contribution in [0.25, 0.3) is 0 Å². The lowest BCUT2D eigenvalue weighted by Crippen LogP contribution is -2.25. The number of nitrogens with one attached hydrogen (secondary N) is 1. The average Bonchev–Trinajstić information content (AvgIpc) is 3.41. The number of carbonyl (C=O) groups is 1. The van der Waals surface area contributed by atoms with Gasteiger partial charge in [0.05, 0.1) is 12.1 Å². The number of hydrogen-bond acceptors (Lipinski definition) is 6. The van der Waals surface area contributed by atoms with E-state index in [2.05, 4.69) is 25.2 Å². The lowest BCUT2D eigenvalue weighted by Gasteiger charge is -2.16. The molecule has 7 heteroatoms. The van der Waals surface area contributed by atoms with Gasteiger partial charge in [-0.25, -0.2) is 15.0 Å². The first-order chi connectivity index (χ1) is 13.3. The van der Waals surface area contributed by atoms with Gasteiger partial charge in [0.2, 0.25) is 5.88 Å². The number of ether oxygens (including phenoxy) is 1. The SMILES string of the molecule is O=C(NCc1nccc(N2CCCC2)n1)c1ccc(OC2CCCC2)nc1. The molecule has 1 N–H and O–H groups in total. The van der Waals surface area contributed by atoms with Crippen LogP contribution in [-0.4, -0.2) is 40.1 Å². The fraction of sp³-hybridized carbons (Fsp3) is 0.500. The highest BCUT2D eigenvalue weighted by Crippen LogP contribution is 2.23. The normalized spacial score (nSPS) is 17.3. The van der Waals surface area contributed by atoms with E-state index in [-0.39, 0.29) is 12.0 Å². The third kappa shape index (κ3) is 4.53. The summed E-state index contributed by atoms with van der Waals surface area (Å²) < 4.78 is 5.83. The molecule has 1 saturated carbocycles. The molecular formula is C20H25N5O2. The Kier molecular flexibility index (Phi) is 5.46. The zero-order valence-corrected chi connectivity index (χ0v) is 15.4. The van der Waals surface area contributed by atoms with E-state index < -0.39 is 0 Å². The molecule has 1 aliphatic heterocycles. The van der Waals surface area contributed by atoms with Crippen molar-refractivity contribution in [3.63, 3.8) is 0 Å². The van der Waals surface area contributed by atoms with E-state index >= 15 is 0 Å². The first-order valence-corrected chi connectivity index (χ1v) is 9.76. The summed E-state index contributed by atoms with van der Waals surface area (Å²) in [5.74, 6) is 1.94. The molecule has 2 aromatic heterocycles. The molecular weight excluding hydrogens is 342 g/mol. The molecule has 7 nitrogen and oxygen atoms in total. The summed E-state index contributed by atoms with van der Waals surface area (Å²) in [6.07, 6.45) is 10.6. The van der Waals surface area contributed by atoms with Gasteiger partial charge in [-0.2, -0.15) is 0 Å². The predicted molar refractivity (Wildman–Crippen MR) is 102 cm³/mol. The first-order valence-electron chi connectivity index (χ1n) is 9.76. The van der Waals surface area contributed by atoms with Gasteiger partial charge in [-0.3, -0.25) is 4.79 Å². The van der Waals surface area contributed by atoms with E-state index in [4.69, 9.17) is 4.74 Å². The molecule has 0 bridgehead atoms. The lowest BCUT2D eigenvalue weighted by atomic mass is 10.2. The second-order valence-corrected chi connectivity index (χ2v) is 7.12. The molecule has 1 aliphatic carbocycles. The third-order valence-corrected chi connectivity index (χ3v) is 5.12. The van der Waals surface area contributed by atoms with E-state index in [1.165, 1.54) is 25.7 Å². The minimum Gasteiger partial charge on any atom is -0.474 e. The Hall–Kier alpha value is -2.70. The Labute approximate surface area is 159 Å². The molecule has 0 unspecified atom stereocenters. The van der Waals surface area contributed by atoms with Crippen molar-refractivity contribution in [1.29, 1.82) is 0 Å². The molecule has 2 aliphatic rings. The maximum atomic E-state index is 12.4. The molecule has 3 heterocycles. The van der Waals surface area contributed by atoms with Crippen LogP contribution < -0.4 is 15.0 Å². The molecule has 2 fully saturated rings. The molecule has 4 rings (SSSR count). The summed E-state index contributed by atoms with van der Waals surface area (Å²) in [6.45, 7) is 2.36. The second kappa shape index (κ2) is 8.33. The van der Waals surface area contributed by atoms with Crippen LogP contribution in [0.15, 0.2) is 30.6 Å². The number of carbonyl (C=O) groups excluding carboxylic acids is 1. The molecule has 0 spiro atoms. The number of hydrogen-bond donors (Lipinski definition) is 1. The highest BCUT2D eigenvalue weighted by Gasteiger charge is 2.17. The van der Waals surface area contributed by atoms with Crippen molar-refractivity contribution in [1.82, 2.24) is 20.3 Å². The molecule has 27 heavy (non-hydrogen) atoms. The average molecular weight is 367 g/mol. The minimum absolute atomic E-state index is 0.190. The zero-order chi connectivity index (χ0) is 18.5. The number of anilines is 1. The highest BCUT2D eigenvalue weighted by molar-refractivity contribution is 5.93. The van der Waals surface area contributed by atoms with Crippen molar-refractivity contribution in [2.45, 2.75) is 51.2 Å². The minimum atomic E-state index is -0.190. The summed E-state index contributed by atoms with van der Waals surface area (Å²) in [5.41, 5.74) is 0.504. The molecule has 0 aromatic carbocycles. The van der Waals surface area contributed by atoms with Crippen LogP contribution >= 0.6 is 0 Å². The number of pyridine rings is 1. The monoisotopic (exact) mass is 367 g/mol. The molecule has 0 atom stereocenters. The van der Waals surface area contributed by atoms with Crippen molar-refractivity contribution in [2.24, 2.45) is 0 Å². The summed E-state index contributed by atoms with van der Waals surface area (Å²) in [6, 6.07) is 5.43. The van der Waals surface area contributed by atoms with Crippen molar-refractivity contribution < 1.29 is 9.53 Å². The molecule has 1 saturated heterocycles. The second-order valence-electron chi connectivity index (χ2n) is 7.12. The van der Waals surface area contributed by atoms with E-state index in [9.17, 15) is 4.79 Å². The van der Waals surface area contributed by atoms with Gasteiger partial charge in [0, 0.05) is 31.5 Å². The van der Waals surface area contributed by atoms with Crippen LogP contribution in [0.1, 0.15) is 54.7 Å². The standard InChI is InChI=1S/C20H25N5O2/c26-20(15-7-8-19(22-13-15)27-16-5-1-2-6-16)23-14-17-21-10-9-18(24-17)25-11-3-4-12-25/h7-10,13,16H,1-6,11-12,14H2,(H,23,26). The number of aromatic nitrogens is 3. The van der Waals surface area contributed by atoms with Gasteiger partial charge in [0.15, 0.2) is 0 Å². The van der Waals surface area contributed by atoms with E-state index in [0.717, 1.165) is 31.7 Å². The van der Waals surface area contributed by atoms with Gasteiger partial charge in [-0.15, -0.1) is 0 Å². The van der Waals surface area contributed by atoms with Gasteiger partial charge < -0.3 is 15.0 Å². The number of amides is 1. The van der Waals surface area contributed by atoms with Crippen LogP contribution in [0.2, 0.25) is 0 Å². The maximum absolute atomic E-state index is 12.4. The Morgan fingerprint density at radius 1 is 1.11 bits per heavy atom. The maximum Gasteiger partial charge on any atom is 0.253 e. The van der Waals surface area contributed by atoms with Gasteiger partial charge >= 0.3 is 0 Å². The highest BCUT2D eigenvalue weighted by atomic mass is 16.5. The molecule has 2 aromatic rings. The van der Waals surface area contributed by atoms with Crippen LogP contribution in [-0.2, 0) is 6.54 Å². The topological polar surface area (TPSA) is 80.2 Å². The van der Waals surface area contributed by atoms with Crippen LogP contribution in [0.5, 0.6) is 5.88 Å². The molecule has 142 valence electrons. The van der Waals surface area contributed by atoms with Gasteiger partial charge in [-0.05, 0) is 50.7 Å². The quantitative estimate of drug-likeness (QED) is 0.846. The van der Waals surface area contributed by atoms with Crippen LogP contribution in [0.3, 0.4) is 0 Å². The molecule has 1 amide bonds. The van der Waals surface area contributed by atoms with Gasteiger partial charge in [0.1, 0.15) is 17.7 Å². The van der Waals surface area contributed by atoms with Gasteiger partial charge in [-0.1, -0.05) is 0 Å². The third-order valence-electron chi connectivity index (χ3n) is 5.12. The smallest absolute Gasteiger partial charge is 0.253 e. The van der Waals surface area contributed by atoms with Gasteiger partial charge in [0.25, 0.3) is 5.91 Å². The van der Waals surface area contributed by atoms with E-state index in [1.807, 2.05) is 6.07 Å². The van der Waals surface area contributed by atoms with E-state index in [0.29, 0.717) is 23.8 Å². The fourth-order valence-electron chi connectivity index (χ4n) is 3.62. The van der Waals surface area contributed by atoms with E-state index in [1.54, 1.807) is 24.5 Å². The molecule has 0 radical (unpaired) electrons. The fourth-order valence-corrected chi connectivity index (χ4v) is 3.62. The summed E-state index contributed by atoms with van der Waals surface area (Å²) in [7, 11) is 0. The summed E-state index contributed by atoms with van der Waals surface area (Å²) in [5, 5.41) is 2.86. The Morgan fingerprint density at radius 3 is 2.67 bits per heavy atom. The summed E-state index contributed by atoms with van der Waals surface area (Å²) >= 11 is 0. The predicted octanol–water partition coefficient (Wildman–Crippen LogP) is 2.72. The number of rotatable bonds is 6. The zero-order valence-electron chi connectivity index (χ0n) is 15.4. The Balaban J connectivity index is 1.31. The summed E-state index contributed by atoms with van der Waals surface area (Å²) in [4.78, 5) is 27.7.